The predicted molar refractivity (Wildman–Crippen MR) is 143 cm³/mol. The highest BCUT2D eigenvalue weighted by Crippen LogP contribution is 2.30. The van der Waals surface area contributed by atoms with Crippen molar-refractivity contribution < 1.29 is 18.0 Å². The molecule has 2 amide bonds. The second-order valence-electron chi connectivity index (χ2n) is 9.46. The van der Waals surface area contributed by atoms with Crippen LogP contribution >= 0.6 is 0 Å². The lowest BCUT2D eigenvalue weighted by molar-refractivity contribution is -0.127. The van der Waals surface area contributed by atoms with Gasteiger partial charge >= 0.3 is 0 Å². The van der Waals surface area contributed by atoms with Gasteiger partial charge in [-0.3, -0.25) is 14.3 Å². The van der Waals surface area contributed by atoms with Crippen LogP contribution in [-0.2, 0) is 14.8 Å². The van der Waals surface area contributed by atoms with E-state index in [0.717, 1.165) is 51.1 Å². The Kier molecular flexibility index (Phi) is 8.03. The molecule has 0 radical (unpaired) electrons. The van der Waals surface area contributed by atoms with Gasteiger partial charge in [0.05, 0.1) is 17.6 Å². The Bertz CT molecular complexity index is 1210. The third kappa shape index (κ3) is 6.48. The lowest BCUT2D eigenvalue weighted by Crippen LogP contribution is -2.47. The summed E-state index contributed by atoms with van der Waals surface area (Å²) in [6.07, 6.45) is 3.29. The van der Waals surface area contributed by atoms with Crippen molar-refractivity contribution in [2.75, 3.05) is 66.6 Å². The zero-order valence-corrected chi connectivity index (χ0v) is 21.8. The van der Waals surface area contributed by atoms with E-state index in [4.69, 9.17) is 0 Å². The van der Waals surface area contributed by atoms with Crippen molar-refractivity contribution >= 4 is 38.9 Å². The molecule has 0 aromatic heterocycles. The minimum Gasteiger partial charge on any atom is -0.368 e. The molecule has 2 aromatic rings. The van der Waals surface area contributed by atoms with E-state index in [1.165, 1.54) is 11.3 Å². The third-order valence-electron chi connectivity index (χ3n) is 6.69. The first-order valence-corrected chi connectivity index (χ1v) is 14.3. The highest BCUT2D eigenvalue weighted by Gasteiger charge is 2.23. The van der Waals surface area contributed by atoms with Crippen LogP contribution in [0.25, 0.3) is 0 Å². The number of hydrogen-bond donors (Lipinski definition) is 2. The molecule has 2 N–H and O–H groups in total. The van der Waals surface area contributed by atoms with Gasteiger partial charge in [-0.05, 0) is 49.6 Å². The van der Waals surface area contributed by atoms with Gasteiger partial charge in [-0.2, -0.15) is 0 Å². The SMILES string of the molecule is Cc1ccccc1N1CCN(c2ccc(C(=O)NCCCN3CCCC3=O)cc2NS(C)(=O)=O)CC1. The van der Waals surface area contributed by atoms with Crippen LogP contribution in [0.5, 0.6) is 0 Å². The molecular formula is C26H35N5O4S. The highest BCUT2D eigenvalue weighted by molar-refractivity contribution is 7.92. The summed E-state index contributed by atoms with van der Waals surface area (Å²) in [6, 6.07) is 13.4. The molecule has 10 heteroatoms. The van der Waals surface area contributed by atoms with Gasteiger partial charge in [0.2, 0.25) is 15.9 Å². The van der Waals surface area contributed by atoms with Crippen LogP contribution in [0.2, 0.25) is 0 Å². The number of amides is 2. The molecule has 194 valence electrons. The standard InChI is InChI=1S/C26H35N5O4S/c1-20-7-3-4-8-23(20)29-15-17-30(18-16-29)24-11-10-21(19-22(24)28-36(2,34)35)26(33)27-12-6-14-31-13-5-9-25(31)32/h3-4,7-8,10-11,19,28H,5-6,9,12-18H2,1-2H3,(H,27,33). The van der Waals surface area contributed by atoms with Gasteiger partial charge in [-0.1, -0.05) is 18.2 Å². The lowest BCUT2D eigenvalue weighted by atomic mass is 10.1. The number of nitrogens with zero attached hydrogens (tertiary/aromatic N) is 3. The molecule has 0 aliphatic carbocycles. The molecule has 2 aromatic carbocycles. The molecule has 0 atom stereocenters. The van der Waals surface area contributed by atoms with E-state index < -0.39 is 10.0 Å². The Balaban J connectivity index is 1.41. The zero-order valence-electron chi connectivity index (χ0n) is 21.0. The van der Waals surface area contributed by atoms with Crippen molar-refractivity contribution in [3.05, 3.63) is 53.6 Å². The average Bonchev–Trinajstić information content (AvgIpc) is 3.25. The molecule has 2 aliphatic heterocycles. The number of nitrogens with one attached hydrogen (secondary N) is 2. The summed E-state index contributed by atoms with van der Waals surface area (Å²) in [7, 11) is -3.53. The Hall–Kier alpha value is -3.27. The highest BCUT2D eigenvalue weighted by atomic mass is 32.2. The Morgan fingerprint density at radius 2 is 1.67 bits per heavy atom. The number of anilines is 3. The summed E-state index contributed by atoms with van der Waals surface area (Å²) in [4.78, 5) is 30.8. The Labute approximate surface area is 213 Å². The van der Waals surface area contributed by atoms with Crippen LogP contribution in [0.3, 0.4) is 0 Å². The lowest BCUT2D eigenvalue weighted by Gasteiger charge is -2.38. The number of piperazine rings is 1. The van der Waals surface area contributed by atoms with Gasteiger partial charge in [0.1, 0.15) is 0 Å². The number of para-hydroxylation sites is 1. The van der Waals surface area contributed by atoms with Crippen molar-refractivity contribution in [2.45, 2.75) is 26.2 Å². The van der Waals surface area contributed by atoms with Gasteiger partial charge in [-0.25, -0.2) is 8.42 Å². The number of carbonyl (C=O) groups excluding carboxylic acids is 2. The summed E-state index contributed by atoms with van der Waals surface area (Å²) in [5, 5.41) is 2.88. The monoisotopic (exact) mass is 513 g/mol. The number of benzene rings is 2. The molecule has 2 aliphatic rings. The maximum Gasteiger partial charge on any atom is 0.251 e. The van der Waals surface area contributed by atoms with Crippen molar-refractivity contribution in [1.82, 2.24) is 10.2 Å². The first-order chi connectivity index (χ1) is 17.2. The van der Waals surface area contributed by atoms with E-state index in [1.807, 2.05) is 23.1 Å². The zero-order chi connectivity index (χ0) is 25.7. The van der Waals surface area contributed by atoms with Gasteiger partial charge < -0.3 is 20.0 Å². The summed E-state index contributed by atoms with van der Waals surface area (Å²) in [5.74, 6) is -0.0941. The maximum atomic E-state index is 12.8. The summed E-state index contributed by atoms with van der Waals surface area (Å²) < 4.78 is 26.8. The predicted octanol–water partition coefficient (Wildman–Crippen LogP) is 2.44. The third-order valence-corrected chi connectivity index (χ3v) is 7.28. The molecule has 0 spiro atoms. The number of aryl methyl sites for hydroxylation is 1. The molecule has 0 saturated carbocycles. The minimum absolute atomic E-state index is 0.174. The fourth-order valence-corrected chi connectivity index (χ4v) is 5.42. The van der Waals surface area contributed by atoms with Crippen LogP contribution in [0.1, 0.15) is 35.2 Å². The molecule has 9 nitrogen and oxygen atoms in total. The van der Waals surface area contributed by atoms with Crippen molar-refractivity contribution in [3.8, 4) is 0 Å². The largest absolute Gasteiger partial charge is 0.368 e. The van der Waals surface area contributed by atoms with Crippen LogP contribution in [0, 0.1) is 6.92 Å². The fourth-order valence-electron chi connectivity index (χ4n) is 4.86. The van der Waals surface area contributed by atoms with Gasteiger partial charge in [0.25, 0.3) is 5.91 Å². The van der Waals surface area contributed by atoms with E-state index in [1.54, 1.807) is 12.1 Å². The molecule has 36 heavy (non-hydrogen) atoms. The van der Waals surface area contributed by atoms with Crippen LogP contribution in [0.4, 0.5) is 17.1 Å². The van der Waals surface area contributed by atoms with Crippen LogP contribution < -0.4 is 19.8 Å². The van der Waals surface area contributed by atoms with Crippen LogP contribution in [0.15, 0.2) is 42.5 Å². The number of sulfonamides is 1. The smallest absolute Gasteiger partial charge is 0.251 e. The van der Waals surface area contributed by atoms with E-state index in [2.05, 4.69) is 38.9 Å². The Morgan fingerprint density at radius 3 is 2.31 bits per heavy atom. The number of rotatable bonds is 9. The second kappa shape index (κ2) is 11.2. The van der Waals surface area contributed by atoms with Gasteiger partial charge in [-0.15, -0.1) is 0 Å². The number of carbonyl (C=O) groups is 2. The number of hydrogen-bond acceptors (Lipinski definition) is 6. The van der Waals surface area contributed by atoms with Crippen molar-refractivity contribution in [2.24, 2.45) is 0 Å². The minimum atomic E-state index is -3.53. The molecule has 2 heterocycles. The van der Waals surface area contributed by atoms with Gasteiger partial charge in [0.15, 0.2) is 0 Å². The molecular weight excluding hydrogens is 478 g/mol. The van der Waals surface area contributed by atoms with E-state index in [0.29, 0.717) is 37.2 Å². The second-order valence-corrected chi connectivity index (χ2v) is 11.2. The number of likely N-dealkylation sites (tertiary alicyclic amines) is 1. The fraction of sp³-hybridized carbons (Fsp3) is 0.462. The quantitative estimate of drug-likeness (QED) is 0.500. The van der Waals surface area contributed by atoms with Crippen molar-refractivity contribution in [1.29, 1.82) is 0 Å². The topological polar surface area (TPSA) is 102 Å². The van der Waals surface area contributed by atoms with Crippen molar-refractivity contribution in [3.63, 3.8) is 0 Å². The first kappa shape index (κ1) is 25.8. The molecule has 2 saturated heterocycles. The van der Waals surface area contributed by atoms with E-state index in [-0.39, 0.29) is 11.8 Å². The normalized spacial score (nSPS) is 16.4. The Morgan fingerprint density at radius 1 is 0.972 bits per heavy atom. The van der Waals surface area contributed by atoms with E-state index >= 15 is 0 Å². The molecule has 0 bridgehead atoms. The van der Waals surface area contributed by atoms with Gasteiger partial charge in [0, 0.05) is 63.5 Å². The summed E-state index contributed by atoms with van der Waals surface area (Å²) >= 11 is 0. The maximum absolute atomic E-state index is 12.8. The first-order valence-electron chi connectivity index (χ1n) is 12.4. The van der Waals surface area contributed by atoms with Crippen LogP contribution in [-0.4, -0.2) is 77.2 Å². The van der Waals surface area contributed by atoms with E-state index in [9.17, 15) is 18.0 Å². The molecule has 2 fully saturated rings. The molecule has 4 rings (SSSR count). The average molecular weight is 514 g/mol. The summed E-state index contributed by atoms with van der Waals surface area (Å²) in [5.41, 5.74) is 3.99. The molecule has 0 unspecified atom stereocenters. The summed E-state index contributed by atoms with van der Waals surface area (Å²) in [6.45, 7) is 7.05.